The van der Waals surface area contributed by atoms with E-state index in [9.17, 15) is 5.11 Å². The van der Waals surface area contributed by atoms with E-state index >= 15 is 0 Å². The molecule has 4 fully saturated rings. The molecule has 8 unspecified atom stereocenters. The third-order valence-corrected chi connectivity index (χ3v) is 6.03. The van der Waals surface area contributed by atoms with E-state index in [2.05, 4.69) is 6.58 Å². The van der Waals surface area contributed by atoms with Crippen LogP contribution in [0.15, 0.2) is 12.8 Å². The fourth-order valence-electron chi connectivity index (χ4n) is 5.79. The van der Waals surface area contributed by atoms with Crippen molar-refractivity contribution in [2.45, 2.75) is 37.9 Å². The molecule has 0 saturated heterocycles. The highest BCUT2D eigenvalue weighted by Gasteiger charge is 2.66. The summed E-state index contributed by atoms with van der Waals surface area (Å²) in [5.74, 6) is 4.76. The van der Waals surface area contributed by atoms with Gasteiger partial charge in [0.2, 0.25) is 0 Å². The van der Waals surface area contributed by atoms with Gasteiger partial charge < -0.3 is 9.84 Å². The first-order valence-electron chi connectivity index (χ1n) is 6.75. The maximum absolute atomic E-state index is 10.3. The third kappa shape index (κ3) is 0.935. The molecule has 88 valence electrons. The van der Waals surface area contributed by atoms with Gasteiger partial charge in [0.05, 0.1) is 12.4 Å². The summed E-state index contributed by atoms with van der Waals surface area (Å²) in [5, 5.41) is 10.3. The second-order valence-corrected chi connectivity index (χ2v) is 6.31. The molecule has 1 N–H and O–H groups in total. The standard InChI is InChI=1S/C14H20O2/c1-2-16-14-10-6-9(13(14)15)11-7-3-4-8(5-7)12(10)11/h2,7-15H,1,3-6H2. The van der Waals surface area contributed by atoms with Crippen LogP contribution in [-0.2, 0) is 4.74 Å². The molecule has 0 heterocycles. The number of aliphatic hydroxyl groups excluding tert-OH is 1. The number of fused-ring (bicyclic) bond motifs is 9. The molecule has 4 saturated carbocycles. The Morgan fingerprint density at radius 1 is 1.06 bits per heavy atom. The fourth-order valence-corrected chi connectivity index (χ4v) is 5.79. The number of hydrogen-bond donors (Lipinski definition) is 1. The summed E-state index contributed by atoms with van der Waals surface area (Å²) in [6.07, 6.45) is 6.88. The molecule has 2 nitrogen and oxygen atoms in total. The lowest BCUT2D eigenvalue weighted by molar-refractivity contribution is -0.0739. The van der Waals surface area contributed by atoms with Gasteiger partial charge in [0.25, 0.3) is 0 Å². The van der Waals surface area contributed by atoms with E-state index < -0.39 is 0 Å². The minimum absolute atomic E-state index is 0.0584. The highest BCUT2D eigenvalue weighted by atomic mass is 16.5. The zero-order valence-corrected chi connectivity index (χ0v) is 9.59. The molecular weight excluding hydrogens is 200 g/mol. The first-order valence-corrected chi connectivity index (χ1v) is 6.75. The van der Waals surface area contributed by atoms with Crippen molar-refractivity contribution < 1.29 is 9.84 Å². The summed E-state index contributed by atoms with van der Waals surface area (Å²) >= 11 is 0. The molecule has 0 aromatic rings. The van der Waals surface area contributed by atoms with Crippen LogP contribution in [0.1, 0.15) is 25.7 Å². The topological polar surface area (TPSA) is 29.5 Å². The van der Waals surface area contributed by atoms with Crippen LogP contribution in [0.5, 0.6) is 0 Å². The lowest BCUT2D eigenvalue weighted by atomic mass is 9.69. The van der Waals surface area contributed by atoms with Crippen LogP contribution in [0.2, 0.25) is 0 Å². The van der Waals surface area contributed by atoms with E-state index in [-0.39, 0.29) is 12.2 Å². The molecule has 0 aromatic heterocycles. The van der Waals surface area contributed by atoms with Crippen LogP contribution < -0.4 is 0 Å². The van der Waals surface area contributed by atoms with Crippen molar-refractivity contribution in [1.82, 2.24) is 0 Å². The molecule has 0 aromatic carbocycles. The van der Waals surface area contributed by atoms with E-state index in [4.69, 9.17) is 4.74 Å². The van der Waals surface area contributed by atoms with Crippen LogP contribution in [-0.4, -0.2) is 17.3 Å². The van der Waals surface area contributed by atoms with Crippen molar-refractivity contribution in [2.75, 3.05) is 0 Å². The molecule has 8 atom stereocenters. The molecule has 4 rings (SSSR count). The number of ether oxygens (including phenoxy) is 1. The van der Waals surface area contributed by atoms with Crippen molar-refractivity contribution >= 4 is 0 Å². The number of aliphatic hydroxyl groups is 1. The zero-order valence-electron chi connectivity index (χ0n) is 9.59. The van der Waals surface area contributed by atoms with Crippen LogP contribution in [0.4, 0.5) is 0 Å². The second kappa shape index (κ2) is 3.04. The van der Waals surface area contributed by atoms with Gasteiger partial charge >= 0.3 is 0 Å². The Hall–Kier alpha value is -0.500. The summed E-state index contributed by atoms with van der Waals surface area (Å²) < 4.78 is 5.58. The first kappa shape index (κ1) is 9.52. The summed E-state index contributed by atoms with van der Waals surface area (Å²) in [6.45, 7) is 3.64. The van der Waals surface area contributed by atoms with Gasteiger partial charge in [0.15, 0.2) is 0 Å². The van der Waals surface area contributed by atoms with Gasteiger partial charge in [-0.3, -0.25) is 0 Å². The van der Waals surface area contributed by atoms with Gasteiger partial charge in [-0.25, -0.2) is 0 Å². The summed E-state index contributed by atoms with van der Waals surface area (Å²) in [5.41, 5.74) is 0. The van der Waals surface area contributed by atoms with E-state index in [1.807, 2.05) is 0 Å². The highest BCUT2D eigenvalue weighted by molar-refractivity contribution is 5.14. The molecule has 4 aliphatic rings. The first-order chi connectivity index (χ1) is 7.81. The molecule has 0 amide bonds. The van der Waals surface area contributed by atoms with Crippen LogP contribution >= 0.6 is 0 Å². The average molecular weight is 220 g/mol. The van der Waals surface area contributed by atoms with Crippen LogP contribution in [0, 0.1) is 35.5 Å². The van der Waals surface area contributed by atoms with Gasteiger partial charge in [-0.05, 0) is 55.3 Å². The SMILES string of the molecule is C=COC1C(O)C2CC1C1C3CCC(C3)C21. The maximum atomic E-state index is 10.3. The second-order valence-electron chi connectivity index (χ2n) is 6.31. The smallest absolute Gasteiger partial charge is 0.127 e. The van der Waals surface area contributed by atoms with Gasteiger partial charge in [-0.1, -0.05) is 6.58 Å². The Kier molecular flexibility index (Phi) is 1.81. The van der Waals surface area contributed by atoms with Crippen molar-refractivity contribution in [3.8, 4) is 0 Å². The summed E-state index contributed by atoms with van der Waals surface area (Å²) in [7, 11) is 0. The molecule has 16 heavy (non-hydrogen) atoms. The lowest BCUT2D eigenvalue weighted by Gasteiger charge is -2.40. The molecule has 0 aliphatic heterocycles. The van der Waals surface area contributed by atoms with Crippen molar-refractivity contribution in [1.29, 1.82) is 0 Å². The predicted molar refractivity (Wildman–Crippen MR) is 60.5 cm³/mol. The van der Waals surface area contributed by atoms with E-state index in [1.54, 1.807) is 0 Å². The summed E-state index contributed by atoms with van der Waals surface area (Å²) in [4.78, 5) is 0. The Morgan fingerprint density at radius 2 is 1.75 bits per heavy atom. The molecule has 0 radical (unpaired) electrons. The summed E-state index contributed by atoms with van der Waals surface area (Å²) in [6, 6.07) is 0. The van der Waals surface area contributed by atoms with Crippen LogP contribution in [0.3, 0.4) is 0 Å². The quantitative estimate of drug-likeness (QED) is 0.571. The zero-order chi connectivity index (χ0) is 10.9. The molecule has 2 heteroatoms. The Bertz CT molecular complexity index is 327. The monoisotopic (exact) mass is 220 g/mol. The normalized spacial score (nSPS) is 61.3. The Balaban J connectivity index is 1.66. The largest absolute Gasteiger partial charge is 0.496 e. The van der Waals surface area contributed by atoms with Gasteiger partial charge in [0, 0.05) is 5.92 Å². The molecule has 0 spiro atoms. The maximum Gasteiger partial charge on any atom is 0.127 e. The minimum Gasteiger partial charge on any atom is -0.496 e. The van der Waals surface area contributed by atoms with Gasteiger partial charge in [0.1, 0.15) is 6.10 Å². The van der Waals surface area contributed by atoms with Gasteiger partial charge in [-0.15, -0.1) is 0 Å². The molecule has 4 bridgehead atoms. The highest BCUT2D eigenvalue weighted by Crippen LogP contribution is 2.67. The molecular formula is C14H20O2. The van der Waals surface area contributed by atoms with E-state index in [0.29, 0.717) is 11.8 Å². The van der Waals surface area contributed by atoms with Crippen LogP contribution in [0.25, 0.3) is 0 Å². The minimum atomic E-state index is -0.219. The fraction of sp³-hybridized carbons (Fsp3) is 0.857. The van der Waals surface area contributed by atoms with E-state index in [0.717, 1.165) is 23.7 Å². The van der Waals surface area contributed by atoms with Gasteiger partial charge in [-0.2, -0.15) is 0 Å². The van der Waals surface area contributed by atoms with Crippen molar-refractivity contribution in [2.24, 2.45) is 35.5 Å². The lowest BCUT2D eigenvalue weighted by Crippen LogP contribution is -2.44. The van der Waals surface area contributed by atoms with Crippen molar-refractivity contribution in [3.63, 3.8) is 0 Å². The number of rotatable bonds is 2. The Morgan fingerprint density at radius 3 is 2.44 bits per heavy atom. The Labute approximate surface area is 96.7 Å². The average Bonchev–Trinajstić information content (AvgIpc) is 2.97. The van der Waals surface area contributed by atoms with E-state index in [1.165, 1.54) is 31.9 Å². The molecule has 4 aliphatic carbocycles. The third-order valence-electron chi connectivity index (χ3n) is 6.03. The van der Waals surface area contributed by atoms with Crippen molar-refractivity contribution in [3.05, 3.63) is 12.8 Å². The predicted octanol–water partition coefficient (Wildman–Crippen LogP) is 2.19. The number of hydrogen-bond acceptors (Lipinski definition) is 2.